The van der Waals surface area contributed by atoms with Crippen LogP contribution in [0.3, 0.4) is 0 Å². The molecule has 5 nitrogen and oxygen atoms in total. The van der Waals surface area contributed by atoms with Crippen molar-refractivity contribution >= 4 is 23.0 Å². The molecule has 0 radical (unpaired) electrons. The zero-order valence-electron chi connectivity index (χ0n) is 9.71. The highest BCUT2D eigenvalue weighted by Crippen LogP contribution is 2.26. The smallest absolute Gasteiger partial charge is 0.161 e. The van der Waals surface area contributed by atoms with E-state index in [4.69, 9.17) is 18.0 Å². The largest absolute Gasteiger partial charge is 0.393 e. The molecule has 0 spiro atoms. The van der Waals surface area contributed by atoms with E-state index in [-0.39, 0.29) is 12.0 Å². The molecule has 2 unspecified atom stereocenters. The zero-order valence-corrected chi connectivity index (χ0v) is 10.5. The van der Waals surface area contributed by atoms with E-state index >= 15 is 0 Å². The molecule has 0 aromatic carbocycles. The van der Waals surface area contributed by atoms with Crippen LogP contribution in [0.2, 0.25) is 0 Å². The maximum Gasteiger partial charge on any atom is 0.161 e. The lowest BCUT2D eigenvalue weighted by Gasteiger charge is -2.20. The van der Waals surface area contributed by atoms with Crippen molar-refractivity contribution in [2.75, 3.05) is 18.0 Å². The fourth-order valence-electron chi connectivity index (χ4n) is 2.12. The molecule has 1 aromatic rings. The maximum atomic E-state index is 9.58. The topological polar surface area (TPSA) is 75.3 Å². The Hall–Kier alpha value is -1.27. The highest BCUT2D eigenvalue weighted by Gasteiger charge is 2.28. The van der Waals surface area contributed by atoms with Crippen LogP contribution in [0.4, 0.5) is 5.82 Å². The fourth-order valence-corrected chi connectivity index (χ4v) is 2.28. The third-order valence-corrected chi connectivity index (χ3v) is 3.39. The third kappa shape index (κ3) is 2.53. The number of hydrogen-bond acceptors (Lipinski definition) is 5. The van der Waals surface area contributed by atoms with Gasteiger partial charge in [-0.15, -0.1) is 5.10 Å². The van der Waals surface area contributed by atoms with Crippen LogP contribution in [0, 0.1) is 5.92 Å². The molecular formula is C11H16N4OS. The number of thiocarbonyl (C=S) groups is 1. The first-order valence-corrected chi connectivity index (χ1v) is 6.05. The van der Waals surface area contributed by atoms with E-state index in [0.29, 0.717) is 4.99 Å². The average Bonchev–Trinajstić information content (AvgIpc) is 2.78. The molecule has 2 rings (SSSR count). The van der Waals surface area contributed by atoms with Crippen LogP contribution >= 0.6 is 12.2 Å². The van der Waals surface area contributed by atoms with E-state index in [1.54, 1.807) is 12.3 Å². The number of nitrogens with two attached hydrogens (primary N) is 1. The van der Waals surface area contributed by atoms with E-state index in [1.807, 2.05) is 6.92 Å². The van der Waals surface area contributed by atoms with Gasteiger partial charge < -0.3 is 15.7 Å². The summed E-state index contributed by atoms with van der Waals surface area (Å²) in [6.07, 6.45) is 2.23. The quantitative estimate of drug-likeness (QED) is 0.755. The molecule has 1 fully saturated rings. The first-order valence-electron chi connectivity index (χ1n) is 5.64. The summed E-state index contributed by atoms with van der Waals surface area (Å²) in [5.41, 5.74) is 6.42. The molecule has 2 atom stereocenters. The van der Waals surface area contributed by atoms with E-state index in [1.165, 1.54) is 0 Å². The van der Waals surface area contributed by atoms with Gasteiger partial charge in [-0.25, -0.2) is 0 Å². The Labute approximate surface area is 106 Å². The Morgan fingerprint density at radius 1 is 1.71 bits per heavy atom. The molecule has 92 valence electrons. The van der Waals surface area contributed by atoms with Crippen LogP contribution in [-0.2, 0) is 0 Å². The number of rotatable bonds is 3. The summed E-state index contributed by atoms with van der Waals surface area (Å²) in [7, 11) is 0. The second-order valence-corrected chi connectivity index (χ2v) is 4.81. The summed E-state index contributed by atoms with van der Waals surface area (Å²) < 4.78 is 0. The molecular weight excluding hydrogens is 236 g/mol. The van der Waals surface area contributed by atoms with Crippen molar-refractivity contribution in [1.29, 1.82) is 0 Å². The van der Waals surface area contributed by atoms with Crippen LogP contribution in [0.15, 0.2) is 12.3 Å². The van der Waals surface area contributed by atoms with Gasteiger partial charge in [0, 0.05) is 19.0 Å². The van der Waals surface area contributed by atoms with E-state index in [9.17, 15) is 5.11 Å². The standard InChI is InChI=1S/C11H16N4OS/c1-7(16)8-3-5-15(6-8)11-9(10(12)17)2-4-13-14-11/h2,4,7-8,16H,3,5-6H2,1H3,(H2,12,17). The number of aliphatic hydroxyl groups excluding tert-OH is 1. The van der Waals surface area contributed by atoms with Crippen molar-refractivity contribution in [2.24, 2.45) is 11.7 Å². The summed E-state index contributed by atoms with van der Waals surface area (Å²) in [6.45, 7) is 3.44. The van der Waals surface area contributed by atoms with E-state index in [2.05, 4.69) is 15.1 Å². The molecule has 17 heavy (non-hydrogen) atoms. The first kappa shape index (κ1) is 12.2. The zero-order chi connectivity index (χ0) is 12.4. The lowest BCUT2D eigenvalue weighted by atomic mass is 10.0. The van der Waals surface area contributed by atoms with Crippen molar-refractivity contribution in [3.8, 4) is 0 Å². The highest BCUT2D eigenvalue weighted by molar-refractivity contribution is 7.80. The monoisotopic (exact) mass is 252 g/mol. The second-order valence-electron chi connectivity index (χ2n) is 4.37. The van der Waals surface area contributed by atoms with E-state index < -0.39 is 0 Å². The van der Waals surface area contributed by atoms with Gasteiger partial charge in [-0.2, -0.15) is 5.10 Å². The SMILES string of the molecule is CC(O)C1CCN(c2nnccc2C(N)=S)C1. The van der Waals surface area contributed by atoms with Gasteiger partial charge >= 0.3 is 0 Å². The first-order chi connectivity index (χ1) is 8.09. The lowest BCUT2D eigenvalue weighted by molar-refractivity contribution is 0.136. The Balaban J connectivity index is 2.21. The molecule has 0 aliphatic carbocycles. The molecule has 0 bridgehead atoms. The molecule has 1 aliphatic rings. The third-order valence-electron chi connectivity index (χ3n) is 3.17. The Kier molecular flexibility index (Phi) is 3.54. The van der Waals surface area contributed by atoms with Gasteiger partial charge in [-0.05, 0) is 19.4 Å². The van der Waals surface area contributed by atoms with Crippen LogP contribution in [0.25, 0.3) is 0 Å². The summed E-state index contributed by atoms with van der Waals surface area (Å²) >= 11 is 5.00. The number of hydrogen-bond donors (Lipinski definition) is 2. The Morgan fingerprint density at radius 2 is 2.47 bits per heavy atom. The minimum Gasteiger partial charge on any atom is -0.393 e. The summed E-state index contributed by atoms with van der Waals surface area (Å²) in [4.78, 5) is 2.41. The highest BCUT2D eigenvalue weighted by atomic mass is 32.1. The predicted molar refractivity (Wildman–Crippen MR) is 69.9 cm³/mol. The van der Waals surface area contributed by atoms with Gasteiger partial charge in [0.25, 0.3) is 0 Å². The van der Waals surface area contributed by atoms with Crippen molar-refractivity contribution in [3.05, 3.63) is 17.8 Å². The molecule has 0 saturated carbocycles. The molecule has 6 heteroatoms. The van der Waals surface area contributed by atoms with Crippen LogP contribution in [0.1, 0.15) is 18.9 Å². The van der Waals surface area contributed by atoms with Crippen LogP contribution in [0.5, 0.6) is 0 Å². The maximum absolute atomic E-state index is 9.58. The Morgan fingerprint density at radius 3 is 3.06 bits per heavy atom. The number of aromatic nitrogens is 2. The van der Waals surface area contributed by atoms with Gasteiger partial charge in [0.1, 0.15) is 4.99 Å². The predicted octanol–water partition coefficient (Wildman–Crippen LogP) is 0.318. The average molecular weight is 252 g/mol. The molecule has 1 saturated heterocycles. The fraction of sp³-hybridized carbons (Fsp3) is 0.545. The molecule has 0 amide bonds. The molecule has 3 N–H and O–H groups in total. The van der Waals surface area contributed by atoms with Crippen molar-refractivity contribution in [2.45, 2.75) is 19.4 Å². The van der Waals surface area contributed by atoms with Crippen molar-refractivity contribution in [1.82, 2.24) is 10.2 Å². The summed E-state index contributed by atoms with van der Waals surface area (Å²) in [6, 6.07) is 1.78. The Bertz CT molecular complexity index is 424. The van der Waals surface area contributed by atoms with Crippen LogP contribution < -0.4 is 10.6 Å². The number of anilines is 1. The number of aliphatic hydroxyl groups is 1. The van der Waals surface area contributed by atoms with Gasteiger partial charge in [0.15, 0.2) is 5.82 Å². The summed E-state index contributed by atoms with van der Waals surface area (Å²) in [5, 5.41) is 17.6. The normalized spacial score (nSPS) is 21.5. The minimum absolute atomic E-state index is 0.274. The van der Waals surface area contributed by atoms with E-state index in [0.717, 1.165) is 30.9 Å². The van der Waals surface area contributed by atoms with Crippen molar-refractivity contribution < 1.29 is 5.11 Å². The lowest BCUT2D eigenvalue weighted by Crippen LogP contribution is -2.27. The van der Waals surface area contributed by atoms with Gasteiger partial charge in [0.2, 0.25) is 0 Å². The molecule has 2 heterocycles. The van der Waals surface area contributed by atoms with Gasteiger partial charge in [0.05, 0.1) is 17.9 Å². The van der Waals surface area contributed by atoms with Crippen molar-refractivity contribution in [3.63, 3.8) is 0 Å². The molecule has 1 aromatic heterocycles. The second kappa shape index (κ2) is 4.93. The number of nitrogens with zero attached hydrogens (tertiary/aromatic N) is 3. The van der Waals surface area contributed by atoms with Crippen LogP contribution in [-0.4, -0.2) is 39.5 Å². The van der Waals surface area contributed by atoms with Gasteiger partial charge in [-0.1, -0.05) is 12.2 Å². The molecule has 1 aliphatic heterocycles. The summed E-state index contributed by atoms with van der Waals surface area (Å²) in [5.74, 6) is 0.999. The minimum atomic E-state index is -0.301. The van der Waals surface area contributed by atoms with Gasteiger partial charge in [-0.3, -0.25) is 0 Å².